The molecular weight excluding hydrogens is 496 g/mol. The van der Waals surface area contributed by atoms with Gasteiger partial charge in [0.05, 0.1) is 16.4 Å². The molecule has 0 radical (unpaired) electrons. The lowest BCUT2D eigenvalue weighted by atomic mass is 10.1. The first-order valence-electron chi connectivity index (χ1n) is 12.3. The second-order valence-electron chi connectivity index (χ2n) is 9.40. The molecule has 3 aromatic rings. The number of carbonyl (C=O) groups excluding carboxylic acids is 2. The lowest BCUT2D eigenvalue weighted by Gasteiger charge is -2.25. The van der Waals surface area contributed by atoms with Gasteiger partial charge in [-0.2, -0.15) is 0 Å². The van der Waals surface area contributed by atoms with Crippen LogP contribution >= 0.6 is 22.9 Å². The quantitative estimate of drug-likeness (QED) is 0.494. The van der Waals surface area contributed by atoms with Gasteiger partial charge in [-0.3, -0.25) is 19.5 Å². The molecule has 2 aliphatic rings. The van der Waals surface area contributed by atoms with Crippen LogP contribution < -0.4 is 10.2 Å². The fourth-order valence-electron chi connectivity index (χ4n) is 4.78. The van der Waals surface area contributed by atoms with E-state index in [1.165, 1.54) is 30.6 Å². The predicted octanol–water partition coefficient (Wildman–Crippen LogP) is 4.89. The van der Waals surface area contributed by atoms with Crippen molar-refractivity contribution in [2.45, 2.75) is 46.0 Å². The Kier molecular flexibility index (Phi) is 7.32. The number of hydrogen-bond acceptors (Lipinski definition) is 7. The number of nitrogens with zero attached hydrogens (tertiary/aromatic N) is 5. The van der Waals surface area contributed by atoms with Gasteiger partial charge in [0.2, 0.25) is 5.91 Å². The van der Waals surface area contributed by atoms with E-state index in [-0.39, 0.29) is 11.8 Å². The van der Waals surface area contributed by atoms with Crippen molar-refractivity contribution >= 4 is 45.7 Å². The van der Waals surface area contributed by atoms with E-state index in [0.717, 1.165) is 47.7 Å². The maximum absolute atomic E-state index is 13.4. The Morgan fingerprint density at radius 3 is 2.69 bits per heavy atom. The third-order valence-corrected chi connectivity index (χ3v) is 7.95. The minimum Gasteiger partial charge on any atom is -0.303 e. The van der Waals surface area contributed by atoms with E-state index < -0.39 is 0 Å². The normalized spacial score (nSPS) is 16.2. The van der Waals surface area contributed by atoms with Gasteiger partial charge in [-0.25, -0.2) is 9.97 Å². The highest BCUT2D eigenvalue weighted by molar-refractivity contribution is 7.18. The van der Waals surface area contributed by atoms with Gasteiger partial charge in [0.1, 0.15) is 10.7 Å². The molecule has 1 fully saturated rings. The number of fused-ring (bicyclic) bond motifs is 1. The van der Waals surface area contributed by atoms with Crippen molar-refractivity contribution < 1.29 is 9.59 Å². The van der Waals surface area contributed by atoms with Gasteiger partial charge in [-0.1, -0.05) is 35.4 Å². The maximum atomic E-state index is 13.4. The SMILES string of the molecule is Cc1cnc(-c2cc(N3CCc4nc(NC(=O)CCN5CCCCC5)sc4C3=O)ncc2Cl)c(C)c1. The summed E-state index contributed by atoms with van der Waals surface area (Å²) in [5.74, 6) is 0.283. The van der Waals surface area contributed by atoms with E-state index in [4.69, 9.17) is 11.6 Å². The molecule has 3 aromatic heterocycles. The number of thiazole rings is 1. The summed E-state index contributed by atoms with van der Waals surface area (Å²) in [6.07, 6.45) is 8.05. The number of anilines is 2. The molecule has 0 saturated carbocycles. The lowest BCUT2D eigenvalue weighted by molar-refractivity contribution is -0.116. The number of carbonyl (C=O) groups is 2. The van der Waals surface area contributed by atoms with Gasteiger partial charge in [0.25, 0.3) is 5.91 Å². The third-order valence-electron chi connectivity index (χ3n) is 6.65. The van der Waals surface area contributed by atoms with Crippen LogP contribution in [-0.2, 0) is 11.2 Å². The van der Waals surface area contributed by atoms with Gasteiger partial charge in [0.15, 0.2) is 5.13 Å². The van der Waals surface area contributed by atoms with E-state index in [2.05, 4.69) is 31.2 Å². The Balaban J connectivity index is 1.30. The molecule has 8 nitrogen and oxygen atoms in total. The summed E-state index contributed by atoms with van der Waals surface area (Å²) in [4.78, 5) is 43.9. The van der Waals surface area contributed by atoms with Crippen LogP contribution in [0.15, 0.2) is 24.5 Å². The average molecular weight is 525 g/mol. The Labute approximate surface area is 219 Å². The minimum absolute atomic E-state index is 0.0686. The number of hydrogen-bond donors (Lipinski definition) is 1. The molecule has 5 rings (SSSR count). The predicted molar refractivity (Wildman–Crippen MR) is 143 cm³/mol. The summed E-state index contributed by atoms with van der Waals surface area (Å²) < 4.78 is 0. The number of piperidine rings is 1. The summed E-state index contributed by atoms with van der Waals surface area (Å²) in [6.45, 7) is 7.31. The zero-order chi connectivity index (χ0) is 25.2. The van der Waals surface area contributed by atoms with E-state index in [0.29, 0.717) is 40.2 Å². The maximum Gasteiger partial charge on any atom is 0.271 e. The second kappa shape index (κ2) is 10.6. The summed E-state index contributed by atoms with van der Waals surface area (Å²) in [7, 11) is 0. The molecule has 5 heterocycles. The van der Waals surface area contributed by atoms with E-state index in [1.54, 1.807) is 17.3 Å². The number of rotatable bonds is 6. The first-order chi connectivity index (χ1) is 17.4. The molecule has 0 atom stereocenters. The fourth-order valence-corrected chi connectivity index (χ4v) is 5.95. The van der Waals surface area contributed by atoms with Crippen molar-refractivity contribution in [3.63, 3.8) is 0 Å². The van der Waals surface area contributed by atoms with Crippen LogP contribution in [0.3, 0.4) is 0 Å². The smallest absolute Gasteiger partial charge is 0.271 e. The molecule has 0 bridgehead atoms. The van der Waals surface area contributed by atoms with E-state index >= 15 is 0 Å². The summed E-state index contributed by atoms with van der Waals surface area (Å²) >= 11 is 7.69. The highest BCUT2D eigenvalue weighted by Gasteiger charge is 2.31. The Bertz CT molecular complexity index is 1300. The largest absolute Gasteiger partial charge is 0.303 e. The molecule has 0 aromatic carbocycles. The standard InChI is InChI=1S/C26H29ClN6O2S/c1-16-12-17(2)23(29-14-16)18-13-21(28-15-19(18)27)33-11-6-20-24(25(33)35)36-26(30-20)31-22(34)7-10-32-8-4-3-5-9-32/h12-15H,3-11H2,1-2H3,(H,30,31,34). The highest BCUT2D eigenvalue weighted by Crippen LogP contribution is 2.34. The molecule has 0 spiro atoms. The monoisotopic (exact) mass is 524 g/mol. The first-order valence-corrected chi connectivity index (χ1v) is 13.5. The molecule has 0 aliphatic carbocycles. The molecule has 1 saturated heterocycles. The molecule has 188 valence electrons. The van der Waals surface area contributed by atoms with Gasteiger partial charge in [-0.05, 0) is 57.0 Å². The summed E-state index contributed by atoms with van der Waals surface area (Å²) in [5, 5.41) is 3.85. The number of halogens is 1. The first kappa shape index (κ1) is 24.8. The lowest BCUT2D eigenvalue weighted by Crippen LogP contribution is -2.37. The van der Waals surface area contributed by atoms with Gasteiger partial charge in [-0.15, -0.1) is 0 Å². The average Bonchev–Trinajstić information content (AvgIpc) is 3.28. The van der Waals surface area contributed by atoms with Crippen molar-refractivity contribution in [3.05, 3.63) is 51.2 Å². The molecule has 1 N–H and O–H groups in total. The molecule has 10 heteroatoms. The van der Waals surface area contributed by atoms with Crippen LogP contribution in [0.4, 0.5) is 10.9 Å². The molecule has 0 unspecified atom stereocenters. The van der Waals surface area contributed by atoms with E-state index in [9.17, 15) is 9.59 Å². The Morgan fingerprint density at radius 1 is 1.11 bits per heavy atom. The van der Waals surface area contributed by atoms with Crippen LogP contribution in [0.5, 0.6) is 0 Å². The molecule has 2 aliphatic heterocycles. The third kappa shape index (κ3) is 5.28. The number of nitrogens with one attached hydrogen (secondary N) is 1. The topological polar surface area (TPSA) is 91.3 Å². The van der Waals surface area contributed by atoms with Gasteiger partial charge >= 0.3 is 0 Å². The molecular formula is C26H29ClN6O2S. The summed E-state index contributed by atoms with van der Waals surface area (Å²) in [5.41, 5.74) is 4.30. The zero-order valence-corrected chi connectivity index (χ0v) is 22.1. The van der Waals surface area contributed by atoms with Crippen molar-refractivity contribution in [2.24, 2.45) is 0 Å². The number of aromatic nitrogens is 3. The summed E-state index contributed by atoms with van der Waals surface area (Å²) in [6, 6.07) is 3.87. The van der Waals surface area contributed by atoms with Crippen LogP contribution in [0, 0.1) is 13.8 Å². The van der Waals surface area contributed by atoms with E-state index in [1.807, 2.05) is 19.9 Å². The number of likely N-dealkylation sites (tertiary alicyclic amines) is 1. The molecule has 36 heavy (non-hydrogen) atoms. The van der Waals surface area contributed by atoms with Gasteiger partial charge in [0, 0.05) is 43.9 Å². The van der Waals surface area contributed by atoms with Crippen LogP contribution in [0.2, 0.25) is 5.02 Å². The molecule has 2 amide bonds. The number of amides is 2. The van der Waals surface area contributed by atoms with Gasteiger partial charge < -0.3 is 10.2 Å². The Hall–Kier alpha value is -2.88. The van der Waals surface area contributed by atoms with Crippen LogP contribution in [-0.4, -0.2) is 57.8 Å². The highest BCUT2D eigenvalue weighted by atomic mass is 35.5. The second-order valence-corrected chi connectivity index (χ2v) is 10.8. The van der Waals surface area contributed by atoms with Crippen molar-refractivity contribution in [2.75, 3.05) is 36.4 Å². The minimum atomic E-state index is -0.170. The van der Waals surface area contributed by atoms with Crippen molar-refractivity contribution in [3.8, 4) is 11.3 Å². The number of pyridine rings is 2. The van der Waals surface area contributed by atoms with Crippen LogP contribution in [0.25, 0.3) is 11.3 Å². The van der Waals surface area contributed by atoms with Crippen LogP contribution in [0.1, 0.15) is 52.2 Å². The Morgan fingerprint density at radius 2 is 1.92 bits per heavy atom. The van der Waals surface area contributed by atoms with Crippen molar-refractivity contribution in [1.29, 1.82) is 0 Å². The number of aryl methyl sites for hydroxylation is 2. The zero-order valence-electron chi connectivity index (χ0n) is 20.5. The van der Waals surface area contributed by atoms with Crippen molar-refractivity contribution in [1.82, 2.24) is 19.9 Å². The fraction of sp³-hybridized carbons (Fsp3) is 0.423.